The van der Waals surface area contributed by atoms with Crippen molar-refractivity contribution in [3.05, 3.63) is 58.8 Å². The van der Waals surface area contributed by atoms with Crippen LogP contribution in [0.1, 0.15) is 5.56 Å². The first-order valence-electron chi connectivity index (χ1n) is 6.04. The van der Waals surface area contributed by atoms with Crippen LogP contribution in [0.2, 0.25) is 0 Å². The first kappa shape index (κ1) is 13.5. The highest BCUT2D eigenvalue weighted by Gasteiger charge is 2.06. The van der Waals surface area contributed by atoms with Gasteiger partial charge in [0.2, 0.25) is 0 Å². The van der Waals surface area contributed by atoms with Gasteiger partial charge in [0.1, 0.15) is 5.52 Å². The molecule has 0 radical (unpaired) electrons. The second kappa shape index (κ2) is 5.91. The van der Waals surface area contributed by atoms with Crippen LogP contribution in [0.5, 0.6) is 0 Å². The van der Waals surface area contributed by atoms with Crippen LogP contribution in [0.15, 0.2) is 63.1 Å². The van der Waals surface area contributed by atoms with Crippen molar-refractivity contribution in [1.82, 2.24) is 9.97 Å². The Labute approximate surface area is 129 Å². The number of halogens is 1. The van der Waals surface area contributed by atoms with Crippen molar-refractivity contribution in [2.45, 2.75) is 16.4 Å². The van der Waals surface area contributed by atoms with E-state index in [1.807, 2.05) is 36.4 Å². The summed E-state index contributed by atoms with van der Waals surface area (Å²) in [5.41, 5.74) is 2.68. The van der Waals surface area contributed by atoms with Crippen molar-refractivity contribution < 1.29 is 5.11 Å². The smallest absolute Gasteiger partial charge is 0.103 e. The molecule has 0 unspecified atom stereocenters. The summed E-state index contributed by atoms with van der Waals surface area (Å²) in [6.45, 7) is 0.0682. The first-order valence-corrected chi connectivity index (χ1v) is 7.65. The van der Waals surface area contributed by atoms with E-state index < -0.39 is 0 Å². The minimum Gasteiger partial charge on any atom is -0.392 e. The Morgan fingerprint density at radius 3 is 2.65 bits per heavy atom. The van der Waals surface area contributed by atoms with Crippen LogP contribution in [0.4, 0.5) is 0 Å². The van der Waals surface area contributed by atoms with Gasteiger partial charge in [-0.3, -0.25) is 9.97 Å². The van der Waals surface area contributed by atoms with E-state index in [1.54, 1.807) is 24.2 Å². The average molecular weight is 347 g/mol. The average Bonchev–Trinajstić information content (AvgIpc) is 2.48. The maximum absolute atomic E-state index is 9.06. The van der Waals surface area contributed by atoms with Crippen molar-refractivity contribution in [3.63, 3.8) is 0 Å². The molecular weight excluding hydrogens is 336 g/mol. The van der Waals surface area contributed by atoms with Crippen LogP contribution in [0, 0.1) is 0 Å². The van der Waals surface area contributed by atoms with E-state index in [0.717, 1.165) is 30.9 Å². The number of rotatable bonds is 3. The maximum Gasteiger partial charge on any atom is 0.103 e. The minimum absolute atomic E-state index is 0.0682. The molecule has 3 aromatic rings. The molecule has 3 rings (SSSR count). The molecule has 0 aliphatic carbocycles. The van der Waals surface area contributed by atoms with Gasteiger partial charge < -0.3 is 5.11 Å². The van der Waals surface area contributed by atoms with Gasteiger partial charge in [-0.15, -0.1) is 0 Å². The Bertz CT molecular complexity index is 746. The number of aromatic nitrogens is 2. The van der Waals surface area contributed by atoms with Gasteiger partial charge in [-0.1, -0.05) is 23.9 Å². The van der Waals surface area contributed by atoms with Crippen LogP contribution in [0.25, 0.3) is 11.0 Å². The quantitative estimate of drug-likeness (QED) is 0.777. The van der Waals surface area contributed by atoms with Gasteiger partial charge in [0.25, 0.3) is 0 Å². The molecule has 3 nitrogen and oxygen atoms in total. The normalized spacial score (nSPS) is 10.9. The summed E-state index contributed by atoms with van der Waals surface area (Å²) < 4.78 is 0.923. The zero-order chi connectivity index (χ0) is 13.9. The first-order chi connectivity index (χ1) is 9.76. The Morgan fingerprint density at radius 2 is 1.90 bits per heavy atom. The summed E-state index contributed by atoms with van der Waals surface area (Å²) in [6, 6.07) is 11.8. The zero-order valence-corrected chi connectivity index (χ0v) is 12.9. The van der Waals surface area contributed by atoms with Gasteiger partial charge in [-0.05, 0) is 45.8 Å². The summed E-state index contributed by atoms with van der Waals surface area (Å²) in [4.78, 5) is 11.0. The van der Waals surface area contributed by atoms with E-state index in [2.05, 4.69) is 25.9 Å². The number of benzene rings is 1. The van der Waals surface area contributed by atoms with Crippen LogP contribution < -0.4 is 0 Å². The molecule has 2 heterocycles. The molecule has 0 atom stereocenters. The molecule has 1 N–H and O–H groups in total. The highest BCUT2D eigenvalue weighted by molar-refractivity contribution is 9.10. The van der Waals surface area contributed by atoms with E-state index in [4.69, 9.17) is 5.11 Å². The summed E-state index contributed by atoms with van der Waals surface area (Å²) in [7, 11) is 0. The molecule has 0 saturated carbocycles. The molecule has 5 heteroatoms. The van der Waals surface area contributed by atoms with Gasteiger partial charge in [-0.25, -0.2) is 0 Å². The monoisotopic (exact) mass is 346 g/mol. The van der Waals surface area contributed by atoms with Crippen LogP contribution in [-0.2, 0) is 6.61 Å². The fourth-order valence-electron chi connectivity index (χ4n) is 1.85. The second-order valence-corrected chi connectivity index (χ2v) is 6.27. The minimum atomic E-state index is 0.0682. The second-order valence-electron chi connectivity index (χ2n) is 4.23. The van der Waals surface area contributed by atoms with Gasteiger partial charge in [-0.2, -0.15) is 0 Å². The fourth-order valence-corrected chi connectivity index (χ4v) is 3.08. The van der Waals surface area contributed by atoms with Crippen molar-refractivity contribution in [2.24, 2.45) is 0 Å². The topological polar surface area (TPSA) is 46.0 Å². The predicted octanol–water partition coefficient (Wildman–Crippen LogP) is 4.04. The van der Waals surface area contributed by atoms with Crippen molar-refractivity contribution in [2.75, 3.05) is 0 Å². The third-order valence-corrected chi connectivity index (χ3v) is 4.33. The standard InChI is InChI=1S/C15H11BrN2OS/c16-11-7-13-15(18-8-11)14(5-6-17-13)20-12-3-1-10(9-19)2-4-12/h1-8,19H,9H2. The lowest BCUT2D eigenvalue weighted by Gasteiger charge is -2.06. The molecule has 20 heavy (non-hydrogen) atoms. The molecule has 0 fully saturated rings. The predicted molar refractivity (Wildman–Crippen MR) is 83.7 cm³/mol. The van der Waals surface area contributed by atoms with Gasteiger partial charge in [0.15, 0.2) is 0 Å². The Balaban J connectivity index is 1.97. The number of hydrogen-bond acceptors (Lipinski definition) is 4. The molecule has 0 saturated heterocycles. The molecule has 0 spiro atoms. The molecular formula is C15H11BrN2OS. The number of pyridine rings is 2. The van der Waals surface area contributed by atoms with Gasteiger partial charge in [0.05, 0.1) is 12.1 Å². The molecule has 0 amide bonds. The highest BCUT2D eigenvalue weighted by atomic mass is 79.9. The summed E-state index contributed by atoms with van der Waals surface area (Å²) in [5.74, 6) is 0. The fraction of sp³-hybridized carbons (Fsp3) is 0.0667. The Hall–Kier alpha value is -1.43. The lowest BCUT2D eigenvalue weighted by Crippen LogP contribution is -1.86. The van der Waals surface area contributed by atoms with Crippen LogP contribution >= 0.6 is 27.7 Å². The van der Waals surface area contributed by atoms with Gasteiger partial charge >= 0.3 is 0 Å². The number of nitrogens with zero attached hydrogens (tertiary/aromatic N) is 2. The molecule has 100 valence electrons. The van der Waals surface area contributed by atoms with E-state index in [0.29, 0.717) is 0 Å². The largest absolute Gasteiger partial charge is 0.392 e. The third-order valence-electron chi connectivity index (χ3n) is 2.84. The third kappa shape index (κ3) is 2.85. The number of aliphatic hydroxyl groups excluding tert-OH is 1. The maximum atomic E-state index is 9.06. The molecule has 0 bridgehead atoms. The SMILES string of the molecule is OCc1ccc(Sc2ccnc3cc(Br)cnc23)cc1. The Morgan fingerprint density at radius 1 is 1.10 bits per heavy atom. The Kier molecular flexibility index (Phi) is 4.00. The number of hydrogen-bond donors (Lipinski definition) is 1. The summed E-state index contributed by atoms with van der Waals surface area (Å²) in [6.07, 6.45) is 3.57. The van der Waals surface area contributed by atoms with E-state index in [1.165, 1.54) is 0 Å². The van der Waals surface area contributed by atoms with E-state index >= 15 is 0 Å². The molecule has 1 aromatic carbocycles. The molecule has 0 aliphatic rings. The van der Waals surface area contributed by atoms with Crippen LogP contribution in [-0.4, -0.2) is 15.1 Å². The molecule has 2 aromatic heterocycles. The zero-order valence-electron chi connectivity index (χ0n) is 10.5. The molecule has 0 aliphatic heterocycles. The van der Waals surface area contributed by atoms with E-state index in [-0.39, 0.29) is 6.61 Å². The highest BCUT2D eigenvalue weighted by Crippen LogP contribution is 2.32. The van der Waals surface area contributed by atoms with Crippen molar-refractivity contribution in [1.29, 1.82) is 0 Å². The number of fused-ring (bicyclic) bond motifs is 1. The summed E-state index contributed by atoms with van der Waals surface area (Å²) >= 11 is 5.05. The van der Waals surface area contributed by atoms with E-state index in [9.17, 15) is 0 Å². The lowest BCUT2D eigenvalue weighted by molar-refractivity contribution is 0.282. The lowest BCUT2D eigenvalue weighted by atomic mass is 10.2. The van der Waals surface area contributed by atoms with Crippen molar-refractivity contribution in [3.8, 4) is 0 Å². The van der Waals surface area contributed by atoms with Gasteiger partial charge in [0, 0.05) is 26.7 Å². The van der Waals surface area contributed by atoms with Crippen LogP contribution in [0.3, 0.4) is 0 Å². The summed E-state index contributed by atoms with van der Waals surface area (Å²) in [5, 5.41) is 9.06. The van der Waals surface area contributed by atoms with Crippen molar-refractivity contribution >= 4 is 38.7 Å². The number of aliphatic hydroxyl groups is 1.